The summed E-state index contributed by atoms with van der Waals surface area (Å²) in [6, 6.07) is 8.18. The minimum Gasteiger partial charge on any atom is -0.397 e. The van der Waals surface area contributed by atoms with Crippen LogP contribution in [0.1, 0.15) is 23.2 Å². The first-order chi connectivity index (χ1) is 16.0. The number of aryl methyl sites for hydroxylation is 2. The van der Waals surface area contributed by atoms with Crippen LogP contribution in [0.5, 0.6) is 0 Å². The van der Waals surface area contributed by atoms with Crippen molar-refractivity contribution in [3.63, 3.8) is 0 Å². The zero-order chi connectivity index (χ0) is 26.1. The second-order valence-corrected chi connectivity index (χ2v) is 16.7. The Labute approximate surface area is 212 Å². The Bertz CT molecular complexity index is 1420. The van der Waals surface area contributed by atoms with Crippen LogP contribution in [0.3, 0.4) is 0 Å². The van der Waals surface area contributed by atoms with E-state index in [1.165, 1.54) is 56.0 Å². The van der Waals surface area contributed by atoms with Gasteiger partial charge >= 0.3 is 6.18 Å². The van der Waals surface area contributed by atoms with Gasteiger partial charge in [0.05, 0.1) is 26.2 Å². The first kappa shape index (κ1) is 26.5. The van der Waals surface area contributed by atoms with E-state index < -0.39 is 48.4 Å². The van der Waals surface area contributed by atoms with Crippen LogP contribution in [0.4, 0.5) is 17.6 Å². The number of fused-ring (bicyclic) bond motifs is 3. The van der Waals surface area contributed by atoms with Gasteiger partial charge in [-0.25, -0.2) is 16.8 Å². The van der Waals surface area contributed by atoms with Gasteiger partial charge < -0.3 is 4.43 Å². The van der Waals surface area contributed by atoms with E-state index in [2.05, 4.69) is 0 Å². The van der Waals surface area contributed by atoms with Crippen molar-refractivity contribution in [3.05, 3.63) is 63.3 Å². The van der Waals surface area contributed by atoms with E-state index in [4.69, 9.17) is 27.6 Å². The Morgan fingerprint density at radius 3 is 2.20 bits per heavy atom. The van der Waals surface area contributed by atoms with Crippen molar-refractivity contribution in [2.75, 3.05) is 0 Å². The molecule has 1 aliphatic rings. The summed E-state index contributed by atoms with van der Waals surface area (Å²) in [5, 5.41) is 0.151. The van der Waals surface area contributed by atoms with Gasteiger partial charge in [0.1, 0.15) is 6.17 Å². The molecule has 2 atom stereocenters. The van der Waals surface area contributed by atoms with Crippen molar-refractivity contribution in [3.8, 4) is 0 Å². The molecule has 4 rings (SSSR count). The summed E-state index contributed by atoms with van der Waals surface area (Å²) < 4.78 is 94.6. The van der Waals surface area contributed by atoms with E-state index >= 15 is 4.39 Å². The molecule has 1 heterocycles. The number of nitrogens with zero attached hydrogens (tertiary/aromatic N) is 1. The molecule has 0 saturated carbocycles. The van der Waals surface area contributed by atoms with Crippen LogP contribution in [0.15, 0.2) is 41.3 Å². The summed E-state index contributed by atoms with van der Waals surface area (Å²) in [4.78, 5) is -0.251. The number of halogens is 6. The standard InChI is InChI=1S/C23H23Cl2F4NO3SSi/c1-13-5-7-14(8-6-13)34(31,32)30-19-12-18(25)17(24)11-16(19)15-9-10-20(26)22(21(15)30,23(27,28)29)33-35(2,3)4/h5-8,11-12,20H,9-10H2,1-4H3. The second-order valence-electron chi connectivity index (χ2n) is 9.65. The maximum Gasteiger partial charge on any atom is 0.425 e. The third-order valence-corrected chi connectivity index (χ3v) is 9.34. The van der Waals surface area contributed by atoms with E-state index in [0.717, 1.165) is 5.56 Å². The summed E-state index contributed by atoms with van der Waals surface area (Å²) in [6.45, 7) is 6.24. The molecule has 1 aromatic heterocycles. The molecule has 4 nitrogen and oxygen atoms in total. The molecule has 12 heteroatoms. The maximum atomic E-state index is 15.6. The van der Waals surface area contributed by atoms with E-state index in [9.17, 15) is 21.6 Å². The molecule has 1 aliphatic carbocycles. The topological polar surface area (TPSA) is 48.3 Å². The lowest BCUT2D eigenvalue weighted by atomic mass is 9.81. The SMILES string of the molecule is Cc1ccc(S(=O)(=O)n2c3c(c4cc(Cl)c(Cl)cc42)CCC(F)C3(O[Si](C)(C)C)C(F)(F)F)cc1. The van der Waals surface area contributed by atoms with Crippen molar-refractivity contribution in [1.82, 2.24) is 3.97 Å². The van der Waals surface area contributed by atoms with Gasteiger partial charge in [-0.15, -0.1) is 0 Å². The van der Waals surface area contributed by atoms with Gasteiger partial charge in [0.15, 0.2) is 8.32 Å². The molecule has 0 saturated heterocycles. The highest BCUT2D eigenvalue weighted by atomic mass is 35.5. The summed E-state index contributed by atoms with van der Waals surface area (Å²) >= 11 is 12.3. The Hall–Kier alpha value is -1.59. The highest BCUT2D eigenvalue weighted by Crippen LogP contribution is 2.55. The van der Waals surface area contributed by atoms with Crippen LogP contribution in [0.25, 0.3) is 10.9 Å². The van der Waals surface area contributed by atoms with Gasteiger partial charge in [0.2, 0.25) is 5.60 Å². The normalized spacial score (nSPS) is 21.4. The minimum absolute atomic E-state index is 0.0266. The molecule has 0 spiro atoms. The smallest absolute Gasteiger partial charge is 0.397 e. The number of hydrogen-bond acceptors (Lipinski definition) is 3. The predicted molar refractivity (Wildman–Crippen MR) is 131 cm³/mol. The number of hydrogen-bond donors (Lipinski definition) is 0. The molecule has 0 bridgehead atoms. The minimum atomic E-state index is -5.26. The molecule has 35 heavy (non-hydrogen) atoms. The fourth-order valence-electron chi connectivity index (χ4n) is 4.60. The predicted octanol–water partition coefficient (Wildman–Crippen LogP) is 7.39. The lowest BCUT2D eigenvalue weighted by Gasteiger charge is -2.45. The van der Waals surface area contributed by atoms with E-state index in [0.29, 0.717) is 3.97 Å². The van der Waals surface area contributed by atoms with E-state index in [-0.39, 0.29) is 37.8 Å². The monoisotopic (exact) mass is 567 g/mol. The fourth-order valence-corrected chi connectivity index (χ4v) is 7.81. The van der Waals surface area contributed by atoms with Crippen LogP contribution in [-0.4, -0.2) is 33.1 Å². The van der Waals surface area contributed by atoms with Crippen molar-refractivity contribution in [1.29, 1.82) is 0 Å². The van der Waals surface area contributed by atoms with Crippen molar-refractivity contribution < 1.29 is 30.4 Å². The maximum absolute atomic E-state index is 15.6. The molecule has 0 fully saturated rings. The van der Waals surface area contributed by atoms with Crippen LogP contribution in [-0.2, 0) is 26.5 Å². The van der Waals surface area contributed by atoms with Crippen LogP contribution in [0.2, 0.25) is 29.7 Å². The molecule has 0 amide bonds. The van der Waals surface area contributed by atoms with E-state index in [1.54, 1.807) is 6.92 Å². The summed E-state index contributed by atoms with van der Waals surface area (Å²) in [5.74, 6) is 0. The average molecular weight is 568 g/mol. The molecule has 0 radical (unpaired) electrons. The van der Waals surface area contributed by atoms with Gasteiger partial charge in [-0.2, -0.15) is 13.2 Å². The lowest BCUT2D eigenvalue weighted by Crippen LogP contribution is -2.59. The Morgan fingerprint density at radius 1 is 1.09 bits per heavy atom. The largest absolute Gasteiger partial charge is 0.425 e. The Morgan fingerprint density at radius 2 is 1.66 bits per heavy atom. The fraction of sp³-hybridized carbons (Fsp3) is 0.391. The highest BCUT2D eigenvalue weighted by Gasteiger charge is 2.68. The first-order valence-electron chi connectivity index (χ1n) is 10.8. The number of benzene rings is 2. The third kappa shape index (κ3) is 4.21. The van der Waals surface area contributed by atoms with Gasteiger partial charge in [-0.1, -0.05) is 40.9 Å². The summed E-state index contributed by atoms with van der Waals surface area (Å²) in [7, 11) is -7.73. The Kier molecular flexibility index (Phi) is 6.41. The lowest BCUT2D eigenvalue weighted by molar-refractivity contribution is -0.284. The quantitative estimate of drug-likeness (QED) is 0.244. The first-order valence-corrected chi connectivity index (χ1v) is 16.4. The van der Waals surface area contributed by atoms with Crippen LogP contribution >= 0.6 is 23.2 Å². The zero-order valence-electron chi connectivity index (χ0n) is 19.3. The van der Waals surface area contributed by atoms with Crippen molar-refractivity contribution in [2.45, 2.75) is 62.3 Å². The zero-order valence-corrected chi connectivity index (χ0v) is 22.6. The molecule has 2 unspecified atom stereocenters. The highest BCUT2D eigenvalue weighted by molar-refractivity contribution is 7.90. The van der Waals surface area contributed by atoms with Gasteiger partial charge in [-0.05, 0) is 69.2 Å². The molecular formula is C23H23Cl2F4NO3SSi. The van der Waals surface area contributed by atoms with Crippen molar-refractivity contribution >= 4 is 52.4 Å². The van der Waals surface area contributed by atoms with Crippen molar-refractivity contribution in [2.24, 2.45) is 0 Å². The van der Waals surface area contributed by atoms with Crippen LogP contribution in [0, 0.1) is 6.92 Å². The summed E-state index contributed by atoms with van der Waals surface area (Å²) in [6.07, 6.45) is -8.41. The molecular weight excluding hydrogens is 545 g/mol. The second kappa shape index (κ2) is 8.48. The molecule has 2 aromatic carbocycles. The van der Waals surface area contributed by atoms with Crippen LogP contribution < -0.4 is 0 Å². The van der Waals surface area contributed by atoms with E-state index in [1.807, 2.05) is 0 Å². The average Bonchev–Trinajstić information content (AvgIpc) is 3.03. The summed E-state index contributed by atoms with van der Waals surface area (Å²) in [5.41, 5.74) is -3.60. The third-order valence-electron chi connectivity index (χ3n) is 5.96. The molecule has 3 aromatic rings. The van der Waals surface area contributed by atoms with Gasteiger partial charge in [0.25, 0.3) is 10.0 Å². The molecule has 0 aliphatic heterocycles. The molecule has 0 N–H and O–H groups in total. The Balaban J connectivity index is 2.23. The number of aromatic nitrogens is 1. The number of rotatable bonds is 4. The molecule has 190 valence electrons. The van der Waals surface area contributed by atoms with Gasteiger partial charge in [0, 0.05) is 5.39 Å². The number of alkyl halides is 4. The van der Waals surface area contributed by atoms with Gasteiger partial charge in [-0.3, -0.25) is 0 Å².